The van der Waals surface area contributed by atoms with Gasteiger partial charge >= 0.3 is 6.09 Å². The molecule has 7 heteroatoms. The highest BCUT2D eigenvalue weighted by Gasteiger charge is 2.37. The van der Waals surface area contributed by atoms with Crippen LogP contribution >= 0.6 is 0 Å². The van der Waals surface area contributed by atoms with E-state index in [2.05, 4.69) is 5.16 Å². The molecule has 1 aromatic rings. The predicted octanol–water partition coefficient (Wildman–Crippen LogP) is 1.77. The van der Waals surface area contributed by atoms with E-state index in [4.69, 9.17) is 9.26 Å². The molecule has 1 saturated carbocycles. The second kappa shape index (κ2) is 5.54. The van der Waals surface area contributed by atoms with Crippen LogP contribution in [0.5, 0.6) is 0 Å². The number of aryl methyl sites for hydroxylation is 1. The number of carbonyl (C=O) groups is 2. The maximum absolute atomic E-state index is 12.8. The standard InChI is InChI=1S/C16H21N3O4/c1-10-13(14(17-23-10)12-2-3-12)15(20)18-5-4-11(8-18)9-19-6-7-22-16(19)21/h11-12H,2-9H2,1H3. The average Bonchev–Trinajstić information content (AvgIpc) is 2.94. The lowest BCUT2D eigenvalue weighted by Gasteiger charge is -2.19. The van der Waals surface area contributed by atoms with Gasteiger partial charge in [0.15, 0.2) is 0 Å². The molecule has 3 heterocycles. The van der Waals surface area contributed by atoms with Crippen LogP contribution in [0.3, 0.4) is 0 Å². The number of ether oxygens (including phenoxy) is 1. The summed E-state index contributed by atoms with van der Waals surface area (Å²) >= 11 is 0. The fourth-order valence-electron chi connectivity index (χ4n) is 3.51. The fourth-order valence-corrected chi connectivity index (χ4v) is 3.51. The van der Waals surface area contributed by atoms with Gasteiger partial charge in [0.05, 0.1) is 12.2 Å². The third kappa shape index (κ3) is 2.68. The summed E-state index contributed by atoms with van der Waals surface area (Å²) in [6.45, 7) is 5.00. The maximum Gasteiger partial charge on any atom is 0.409 e. The molecule has 3 fully saturated rings. The first-order chi connectivity index (χ1) is 11.1. The van der Waals surface area contributed by atoms with Gasteiger partial charge in [0, 0.05) is 25.6 Å². The van der Waals surface area contributed by atoms with Gasteiger partial charge in [-0.25, -0.2) is 4.79 Å². The SMILES string of the molecule is Cc1onc(C2CC2)c1C(=O)N1CCC(CN2CCOC2=O)C1. The first-order valence-electron chi connectivity index (χ1n) is 8.30. The van der Waals surface area contributed by atoms with Crippen molar-refractivity contribution in [1.82, 2.24) is 15.0 Å². The minimum atomic E-state index is -0.235. The van der Waals surface area contributed by atoms with Crippen LogP contribution in [0.15, 0.2) is 4.52 Å². The number of hydrogen-bond acceptors (Lipinski definition) is 5. The van der Waals surface area contributed by atoms with Crippen molar-refractivity contribution in [2.75, 3.05) is 32.8 Å². The van der Waals surface area contributed by atoms with E-state index in [-0.39, 0.29) is 12.0 Å². The Bertz CT molecular complexity index is 637. The molecule has 2 amide bonds. The zero-order chi connectivity index (χ0) is 16.0. The van der Waals surface area contributed by atoms with Crippen LogP contribution in [-0.4, -0.2) is 59.7 Å². The summed E-state index contributed by atoms with van der Waals surface area (Å²) in [4.78, 5) is 28.0. The van der Waals surface area contributed by atoms with Gasteiger partial charge < -0.3 is 19.1 Å². The Morgan fingerprint density at radius 2 is 2.13 bits per heavy atom. The topological polar surface area (TPSA) is 75.9 Å². The lowest BCUT2D eigenvalue weighted by Crippen LogP contribution is -2.34. The minimum Gasteiger partial charge on any atom is -0.448 e. The fraction of sp³-hybridized carbons (Fsp3) is 0.688. The van der Waals surface area contributed by atoms with Crippen molar-refractivity contribution in [2.45, 2.75) is 32.1 Å². The predicted molar refractivity (Wildman–Crippen MR) is 80.1 cm³/mol. The molecule has 0 N–H and O–H groups in total. The van der Waals surface area contributed by atoms with Crippen LogP contribution in [0.1, 0.15) is 47.0 Å². The highest BCUT2D eigenvalue weighted by Crippen LogP contribution is 2.42. The molecule has 0 aromatic carbocycles. The smallest absolute Gasteiger partial charge is 0.409 e. The van der Waals surface area contributed by atoms with Gasteiger partial charge in [-0.05, 0) is 32.1 Å². The van der Waals surface area contributed by atoms with Gasteiger partial charge in [-0.15, -0.1) is 0 Å². The number of amides is 2. The summed E-state index contributed by atoms with van der Waals surface area (Å²) < 4.78 is 10.2. The van der Waals surface area contributed by atoms with Crippen molar-refractivity contribution in [3.8, 4) is 0 Å². The molecule has 124 valence electrons. The van der Waals surface area contributed by atoms with Crippen LogP contribution in [-0.2, 0) is 4.74 Å². The number of hydrogen-bond donors (Lipinski definition) is 0. The van der Waals surface area contributed by atoms with Gasteiger partial charge in [-0.3, -0.25) is 4.79 Å². The molecule has 2 saturated heterocycles. The van der Waals surface area contributed by atoms with Gasteiger partial charge in [0.2, 0.25) is 0 Å². The van der Waals surface area contributed by atoms with Crippen molar-refractivity contribution >= 4 is 12.0 Å². The van der Waals surface area contributed by atoms with E-state index in [1.165, 1.54) is 0 Å². The van der Waals surface area contributed by atoms with Crippen LogP contribution in [0.2, 0.25) is 0 Å². The molecule has 23 heavy (non-hydrogen) atoms. The second-order valence-corrected chi connectivity index (χ2v) is 6.74. The van der Waals surface area contributed by atoms with Gasteiger partial charge in [-0.2, -0.15) is 0 Å². The molecule has 0 radical (unpaired) electrons. The van der Waals surface area contributed by atoms with Crippen molar-refractivity contribution in [3.63, 3.8) is 0 Å². The first-order valence-corrected chi connectivity index (χ1v) is 8.30. The van der Waals surface area contributed by atoms with Crippen LogP contribution in [0.25, 0.3) is 0 Å². The molecule has 2 aliphatic heterocycles. The van der Waals surface area contributed by atoms with Gasteiger partial charge in [-0.1, -0.05) is 5.16 Å². The quantitative estimate of drug-likeness (QED) is 0.845. The summed E-state index contributed by atoms with van der Waals surface area (Å²) in [6, 6.07) is 0. The Labute approximate surface area is 134 Å². The van der Waals surface area contributed by atoms with E-state index >= 15 is 0 Å². The van der Waals surface area contributed by atoms with E-state index in [0.29, 0.717) is 49.4 Å². The number of nitrogens with zero attached hydrogens (tertiary/aromatic N) is 3. The van der Waals surface area contributed by atoms with Crippen molar-refractivity contribution in [3.05, 3.63) is 17.0 Å². The molecule has 1 aliphatic carbocycles. The second-order valence-electron chi connectivity index (χ2n) is 6.74. The van der Waals surface area contributed by atoms with Gasteiger partial charge in [0.1, 0.15) is 17.9 Å². The molecule has 1 atom stereocenters. The molecule has 1 unspecified atom stereocenters. The molecule has 4 rings (SSSR count). The van der Waals surface area contributed by atoms with E-state index in [1.54, 1.807) is 11.8 Å². The number of likely N-dealkylation sites (tertiary alicyclic amines) is 1. The molecule has 7 nitrogen and oxygen atoms in total. The normalized spacial score (nSPS) is 24.4. The summed E-state index contributed by atoms with van der Waals surface area (Å²) in [6.07, 6.45) is 2.86. The highest BCUT2D eigenvalue weighted by atomic mass is 16.6. The largest absolute Gasteiger partial charge is 0.448 e. The number of carbonyl (C=O) groups excluding carboxylic acids is 2. The number of cyclic esters (lactones) is 1. The third-order valence-corrected chi connectivity index (χ3v) is 4.96. The number of aromatic nitrogens is 1. The Morgan fingerprint density at radius 1 is 1.30 bits per heavy atom. The highest BCUT2D eigenvalue weighted by molar-refractivity contribution is 5.96. The van der Waals surface area contributed by atoms with Crippen molar-refractivity contribution < 1.29 is 18.8 Å². The van der Waals surface area contributed by atoms with E-state index in [0.717, 1.165) is 31.5 Å². The molecular formula is C16H21N3O4. The van der Waals surface area contributed by atoms with E-state index < -0.39 is 0 Å². The number of rotatable bonds is 4. The molecule has 0 bridgehead atoms. The van der Waals surface area contributed by atoms with Crippen molar-refractivity contribution in [2.24, 2.45) is 5.92 Å². The molecule has 3 aliphatic rings. The summed E-state index contributed by atoms with van der Waals surface area (Å²) in [7, 11) is 0. The summed E-state index contributed by atoms with van der Waals surface area (Å²) in [5.41, 5.74) is 1.49. The Kier molecular flexibility index (Phi) is 3.50. The van der Waals surface area contributed by atoms with Gasteiger partial charge in [0.25, 0.3) is 5.91 Å². The maximum atomic E-state index is 12.8. The zero-order valence-electron chi connectivity index (χ0n) is 13.3. The Balaban J connectivity index is 1.42. The monoisotopic (exact) mass is 319 g/mol. The molecular weight excluding hydrogens is 298 g/mol. The first kappa shape index (κ1) is 14.5. The summed E-state index contributed by atoms with van der Waals surface area (Å²) in [5, 5.41) is 4.09. The lowest BCUT2D eigenvalue weighted by molar-refractivity contribution is 0.0782. The van der Waals surface area contributed by atoms with Crippen LogP contribution in [0, 0.1) is 12.8 Å². The zero-order valence-corrected chi connectivity index (χ0v) is 13.3. The molecule has 0 spiro atoms. The molecule has 1 aromatic heterocycles. The van der Waals surface area contributed by atoms with E-state index in [1.807, 2.05) is 4.90 Å². The summed E-state index contributed by atoms with van der Waals surface area (Å²) in [5.74, 6) is 1.35. The third-order valence-electron chi connectivity index (χ3n) is 4.96. The Morgan fingerprint density at radius 3 is 2.83 bits per heavy atom. The lowest BCUT2D eigenvalue weighted by atomic mass is 10.1. The minimum absolute atomic E-state index is 0.0251. The van der Waals surface area contributed by atoms with Crippen LogP contribution < -0.4 is 0 Å². The average molecular weight is 319 g/mol. The van der Waals surface area contributed by atoms with Crippen LogP contribution in [0.4, 0.5) is 4.79 Å². The van der Waals surface area contributed by atoms with Crippen molar-refractivity contribution in [1.29, 1.82) is 0 Å². The Hall–Kier alpha value is -2.05. The van der Waals surface area contributed by atoms with E-state index in [9.17, 15) is 9.59 Å².